The Labute approximate surface area is 98.6 Å². The van der Waals surface area contributed by atoms with Gasteiger partial charge in [0.2, 0.25) is 0 Å². The van der Waals surface area contributed by atoms with Crippen molar-refractivity contribution in [3.8, 4) is 0 Å². The van der Waals surface area contributed by atoms with E-state index in [0.29, 0.717) is 13.0 Å². The van der Waals surface area contributed by atoms with Crippen LogP contribution in [-0.2, 0) is 6.42 Å². The molecule has 0 spiro atoms. The largest absolute Gasteiger partial charge is 0.317 e. The molecule has 0 heterocycles. The lowest BCUT2D eigenvalue weighted by molar-refractivity contribution is 0.324. The molecule has 14 heavy (non-hydrogen) atoms. The van der Waals surface area contributed by atoms with E-state index < -0.39 is 6.17 Å². The zero-order valence-electron chi connectivity index (χ0n) is 7.97. The average Bonchev–Trinajstić information content (AvgIpc) is 2.04. The summed E-state index contributed by atoms with van der Waals surface area (Å²) in [4.78, 5) is 0. The maximum atomic E-state index is 13.1. The zero-order valence-corrected chi connectivity index (χ0v) is 10.4. The fraction of sp³-hybridized carbons (Fsp3) is 0.400. The minimum atomic E-state index is -0.806. The van der Waals surface area contributed by atoms with Crippen LogP contribution >= 0.6 is 28.3 Å². The summed E-state index contributed by atoms with van der Waals surface area (Å²) in [5.74, 6) is 0. The van der Waals surface area contributed by atoms with E-state index >= 15 is 0 Å². The highest BCUT2D eigenvalue weighted by molar-refractivity contribution is 9.10. The van der Waals surface area contributed by atoms with Gasteiger partial charge < -0.3 is 5.32 Å². The topological polar surface area (TPSA) is 12.0 Å². The van der Waals surface area contributed by atoms with Crippen LogP contribution in [0.3, 0.4) is 0 Å². The summed E-state index contributed by atoms with van der Waals surface area (Å²) in [5.41, 5.74) is 1.03. The van der Waals surface area contributed by atoms with Gasteiger partial charge >= 0.3 is 0 Å². The average molecular weight is 283 g/mol. The molecule has 0 saturated heterocycles. The maximum Gasteiger partial charge on any atom is 0.116 e. The lowest BCUT2D eigenvalue weighted by Crippen LogP contribution is -2.21. The van der Waals surface area contributed by atoms with Gasteiger partial charge in [-0.15, -0.1) is 12.4 Å². The van der Waals surface area contributed by atoms with Crippen molar-refractivity contribution in [2.45, 2.75) is 12.6 Å². The van der Waals surface area contributed by atoms with Crippen molar-refractivity contribution in [2.75, 3.05) is 13.6 Å². The highest BCUT2D eigenvalue weighted by atomic mass is 79.9. The molecule has 1 atom stereocenters. The molecule has 0 saturated carbocycles. The Morgan fingerprint density at radius 2 is 2.21 bits per heavy atom. The number of nitrogens with one attached hydrogen (secondary N) is 1. The molecule has 1 rings (SSSR count). The molecule has 1 aromatic carbocycles. The van der Waals surface area contributed by atoms with Crippen molar-refractivity contribution < 1.29 is 4.39 Å². The Hall–Kier alpha value is -0.120. The third kappa shape index (κ3) is 4.94. The van der Waals surface area contributed by atoms with Crippen molar-refractivity contribution >= 4 is 28.3 Å². The van der Waals surface area contributed by atoms with E-state index in [2.05, 4.69) is 21.2 Å². The number of alkyl halides is 1. The van der Waals surface area contributed by atoms with Gasteiger partial charge in [0.1, 0.15) is 6.17 Å². The zero-order chi connectivity index (χ0) is 9.68. The van der Waals surface area contributed by atoms with E-state index in [9.17, 15) is 4.39 Å². The minimum absolute atomic E-state index is 0. The molecule has 1 aromatic rings. The monoisotopic (exact) mass is 281 g/mol. The predicted octanol–water partition coefficient (Wildman–Crippen LogP) is 2.97. The Morgan fingerprint density at radius 1 is 1.50 bits per heavy atom. The summed E-state index contributed by atoms with van der Waals surface area (Å²) in [7, 11) is 1.76. The second-order valence-corrected chi connectivity index (χ2v) is 3.90. The Kier molecular flexibility index (Phi) is 7.15. The first kappa shape index (κ1) is 13.9. The lowest BCUT2D eigenvalue weighted by Gasteiger charge is -2.07. The van der Waals surface area contributed by atoms with E-state index in [4.69, 9.17) is 0 Å². The third-order valence-electron chi connectivity index (χ3n) is 1.77. The van der Waals surface area contributed by atoms with Crippen LogP contribution in [0.25, 0.3) is 0 Å². The van der Waals surface area contributed by atoms with Crippen LogP contribution in [0.5, 0.6) is 0 Å². The molecule has 1 nitrogen and oxygen atoms in total. The van der Waals surface area contributed by atoms with Crippen LogP contribution in [0.4, 0.5) is 4.39 Å². The summed E-state index contributed by atoms with van der Waals surface area (Å²) in [5, 5.41) is 2.82. The summed E-state index contributed by atoms with van der Waals surface area (Å²) >= 11 is 3.35. The van der Waals surface area contributed by atoms with E-state index in [0.717, 1.165) is 10.0 Å². The van der Waals surface area contributed by atoms with Gasteiger partial charge in [0, 0.05) is 17.4 Å². The number of benzene rings is 1. The van der Waals surface area contributed by atoms with Crippen molar-refractivity contribution in [1.29, 1.82) is 0 Å². The van der Waals surface area contributed by atoms with E-state index in [-0.39, 0.29) is 12.4 Å². The smallest absolute Gasteiger partial charge is 0.116 e. The number of hydrogen-bond acceptors (Lipinski definition) is 1. The molecule has 0 amide bonds. The van der Waals surface area contributed by atoms with E-state index in [1.165, 1.54) is 0 Å². The highest BCUT2D eigenvalue weighted by Gasteiger charge is 2.05. The molecule has 0 aliphatic carbocycles. The fourth-order valence-corrected chi connectivity index (χ4v) is 1.66. The van der Waals surface area contributed by atoms with Crippen LogP contribution in [0.1, 0.15) is 5.56 Å². The molecule has 0 aromatic heterocycles. The molecule has 1 unspecified atom stereocenters. The highest BCUT2D eigenvalue weighted by Crippen LogP contribution is 2.13. The Morgan fingerprint density at radius 3 is 2.79 bits per heavy atom. The van der Waals surface area contributed by atoms with Crippen LogP contribution in [-0.4, -0.2) is 19.8 Å². The van der Waals surface area contributed by atoms with Gasteiger partial charge in [-0.25, -0.2) is 4.39 Å². The van der Waals surface area contributed by atoms with Gasteiger partial charge in [-0.1, -0.05) is 28.1 Å². The van der Waals surface area contributed by atoms with Gasteiger partial charge in [-0.2, -0.15) is 0 Å². The lowest BCUT2D eigenvalue weighted by atomic mass is 10.1. The van der Waals surface area contributed by atoms with Gasteiger partial charge in [0.15, 0.2) is 0 Å². The number of halogens is 3. The summed E-state index contributed by atoms with van der Waals surface area (Å²) < 4.78 is 14.1. The molecule has 0 bridgehead atoms. The molecule has 1 N–H and O–H groups in total. The molecule has 0 aliphatic rings. The van der Waals surface area contributed by atoms with Crippen LogP contribution in [0.15, 0.2) is 28.7 Å². The first-order valence-corrected chi connectivity index (χ1v) is 5.05. The predicted molar refractivity (Wildman–Crippen MR) is 63.9 cm³/mol. The van der Waals surface area contributed by atoms with Crippen molar-refractivity contribution in [1.82, 2.24) is 5.32 Å². The van der Waals surface area contributed by atoms with Gasteiger partial charge in [0.05, 0.1) is 0 Å². The second kappa shape index (κ2) is 7.21. The molecular formula is C10H14BrClFN. The minimum Gasteiger partial charge on any atom is -0.317 e. The molecular weight excluding hydrogens is 268 g/mol. The maximum absolute atomic E-state index is 13.1. The van der Waals surface area contributed by atoms with E-state index in [1.807, 2.05) is 24.3 Å². The van der Waals surface area contributed by atoms with Crippen molar-refractivity contribution in [3.63, 3.8) is 0 Å². The molecule has 4 heteroatoms. The summed E-state index contributed by atoms with van der Waals surface area (Å²) in [6, 6.07) is 7.75. The molecule has 0 aliphatic heterocycles. The third-order valence-corrected chi connectivity index (χ3v) is 2.27. The van der Waals surface area contributed by atoms with Crippen LogP contribution in [0, 0.1) is 0 Å². The summed E-state index contributed by atoms with van der Waals surface area (Å²) in [6.07, 6.45) is -0.334. The summed E-state index contributed by atoms with van der Waals surface area (Å²) in [6.45, 7) is 0.409. The van der Waals surface area contributed by atoms with Crippen molar-refractivity contribution in [2.24, 2.45) is 0 Å². The number of rotatable bonds is 4. The van der Waals surface area contributed by atoms with Gasteiger partial charge in [-0.3, -0.25) is 0 Å². The van der Waals surface area contributed by atoms with Crippen molar-refractivity contribution in [3.05, 3.63) is 34.3 Å². The van der Waals surface area contributed by atoms with Gasteiger partial charge in [0.25, 0.3) is 0 Å². The standard InChI is InChI=1S/C10H13BrFN.ClH/c1-13-7-10(12)6-8-3-2-4-9(11)5-8;/h2-5,10,13H,6-7H2,1H3;1H. The Balaban J connectivity index is 0.00000169. The van der Waals surface area contributed by atoms with Crippen LogP contribution in [0.2, 0.25) is 0 Å². The SMILES string of the molecule is CNCC(F)Cc1cccc(Br)c1.Cl. The van der Waals surface area contributed by atoms with E-state index in [1.54, 1.807) is 7.05 Å². The molecule has 0 radical (unpaired) electrons. The first-order chi connectivity index (χ1) is 6.22. The van der Waals surface area contributed by atoms with Crippen LogP contribution < -0.4 is 5.32 Å². The molecule has 0 fully saturated rings. The number of hydrogen-bond donors (Lipinski definition) is 1. The first-order valence-electron chi connectivity index (χ1n) is 4.25. The quantitative estimate of drug-likeness (QED) is 0.895. The second-order valence-electron chi connectivity index (χ2n) is 2.99. The fourth-order valence-electron chi connectivity index (χ4n) is 1.21. The normalized spacial score (nSPS) is 11.9. The van der Waals surface area contributed by atoms with Gasteiger partial charge in [-0.05, 0) is 24.7 Å². The Bertz CT molecular complexity index is 270. The molecule has 80 valence electrons.